The van der Waals surface area contributed by atoms with Crippen LogP contribution in [0.1, 0.15) is 13.2 Å². The molecule has 0 unspecified atom stereocenters. The van der Waals surface area contributed by atoms with Gasteiger partial charge in [0.1, 0.15) is 35.6 Å². The summed E-state index contributed by atoms with van der Waals surface area (Å²) in [6.07, 6.45) is 2.82. The molecular formula is C13H18N4O3S. The first-order valence-electron chi connectivity index (χ1n) is 6.58. The Morgan fingerprint density at radius 3 is 3.00 bits per heavy atom. The van der Waals surface area contributed by atoms with E-state index in [0.717, 1.165) is 0 Å². The van der Waals surface area contributed by atoms with E-state index in [2.05, 4.69) is 9.97 Å². The summed E-state index contributed by atoms with van der Waals surface area (Å²) in [6.45, 7) is 1.59. The van der Waals surface area contributed by atoms with Crippen LogP contribution >= 0.6 is 11.8 Å². The van der Waals surface area contributed by atoms with E-state index in [1.165, 1.54) is 6.33 Å². The van der Waals surface area contributed by atoms with Gasteiger partial charge in [0.25, 0.3) is 0 Å². The molecule has 3 heterocycles. The fourth-order valence-corrected chi connectivity index (χ4v) is 3.35. The number of ether oxygens (including phenoxy) is 1. The molecular weight excluding hydrogens is 292 g/mol. The molecule has 0 bridgehead atoms. The number of aliphatic hydroxyl groups is 2. The smallest absolute Gasteiger partial charge is 0.164 e. The van der Waals surface area contributed by atoms with Crippen LogP contribution in [-0.2, 0) is 4.74 Å². The summed E-state index contributed by atoms with van der Waals surface area (Å²) < 4.78 is 7.55. The highest BCUT2D eigenvalue weighted by molar-refractivity contribution is 7.98. The first-order chi connectivity index (χ1) is 9.96. The summed E-state index contributed by atoms with van der Waals surface area (Å²) >= 11 is 1.56. The molecule has 4 N–H and O–H groups in total. The summed E-state index contributed by atoms with van der Waals surface area (Å²) in [5.74, 6) is 0.968. The molecule has 3 rings (SSSR count). The van der Waals surface area contributed by atoms with E-state index >= 15 is 0 Å². The molecule has 0 aromatic carbocycles. The number of hydrogen-bond acceptors (Lipinski definition) is 7. The molecule has 0 amide bonds. The molecule has 114 valence electrons. The number of hydrogen-bond donors (Lipinski definition) is 3. The second-order valence-corrected chi connectivity index (χ2v) is 6.27. The molecule has 1 aliphatic rings. The standard InChI is InChI=1S/C13H18N4O3S/c1-13(19)8(5-21-2)20-12(9(13)18)17-4-3-7-10(14)15-6-16-11(7)17/h3-4,6,8-9,12,18-19H,5H2,1-2H3,(H2,14,15,16)/t8-,9+,12-,13-/m1/s1. The number of aromatic nitrogens is 3. The second-order valence-electron chi connectivity index (χ2n) is 5.36. The lowest BCUT2D eigenvalue weighted by Crippen LogP contribution is -2.45. The van der Waals surface area contributed by atoms with Crippen LogP contribution in [-0.4, -0.2) is 54.6 Å². The zero-order valence-corrected chi connectivity index (χ0v) is 12.6. The van der Waals surface area contributed by atoms with Crippen molar-refractivity contribution in [2.75, 3.05) is 17.7 Å². The largest absolute Gasteiger partial charge is 0.385 e. The topological polar surface area (TPSA) is 106 Å². The number of aliphatic hydroxyl groups excluding tert-OH is 1. The Bertz CT molecular complexity index is 660. The molecule has 4 atom stereocenters. The van der Waals surface area contributed by atoms with Crippen molar-refractivity contribution < 1.29 is 14.9 Å². The highest BCUT2D eigenvalue weighted by Gasteiger charge is 2.52. The molecule has 8 heteroatoms. The highest BCUT2D eigenvalue weighted by Crippen LogP contribution is 2.39. The molecule has 0 radical (unpaired) electrons. The van der Waals surface area contributed by atoms with Gasteiger partial charge in [-0.05, 0) is 19.2 Å². The number of nitrogens with two attached hydrogens (primary N) is 1. The minimum absolute atomic E-state index is 0.374. The second kappa shape index (κ2) is 5.13. The Balaban J connectivity index is 2.02. The summed E-state index contributed by atoms with van der Waals surface area (Å²) in [5, 5.41) is 21.6. The van der Waals surface area contributed by atoms with Gasteiger partial charge in [0.05, 0.1) is 5.39 Å². The van der Waals surface area contributed by atoms with Crippen molar-refractivity contribution >= 4 is 28.6 Å². The molecule has 1 aliphatic heterocycles. The predicted octanol–water partition coefficient (Wildman–Crippen LogP) is 0.386. The monoisotopic (exact) mass is 310 g/mol. The maximum Gasteiger partial charge on any atom is 0.164 e. The van der Waals surface area contributed by atoms with Crippen molar-refractivity contribution in [3.63, 3.8) is 0 Å². The van der Waals surface area contributed by atoms with Crippen molar-refractivity contribution in [3.05, 3.63) is 18.6 Å². The number of thioether (sulfide) groups is 1. The third kappa shape index (κ3) is 2.18. The minimum atomic E-state index is -1.32. The third-order valence-corrected chi connectivity index (χ3v) is 4.59. The molecule has 21 heavy (non-hydrogen) atoms. The maximum atomic E-state index is 10.5. The van der Waals surface area contributed by atoms with Crippen LogP contribution in [0.25, 0.3) is 11.0 Å². The fourth-order valence-electron chi connectivity index (χ4n) is 2.63. The SMILES string of the molecule is CSC[C@H]1O[C@@H](n2ccc3c(N)ncnc32)[C@H](O)[C@]1(C)O. The van der Waals surface area contributed by atoms with E-state index < -0.39 is 24.0 Å². The molecule has 7 nitrogen and oxygen atoms in total. The Morgan fingerprint density at radius 1 is 1.52 bits per heavy atom. The number of anilines is 1. The van der Waals surface area contributed by atoms with Gasteiger partial charge >= 0.3 is 0 Å². The first kappa shape index (κ1) is 14.6. The van der Waals surface area contributed by atoms with Gasteiger partial charge in [0, 0.05) is 11.9 Å². The maximum absolute atomic E-state index is 10.5. The van der Waals surface area contributed by atoms with Gasteiger partial charge in [-0.25, -0.2) is 9.97 Å². The molecule has 0 spiro atoms. The molecule has 0 saturated carbocycles. The summed E-state index contributed by atoms with van der Waals surface area (Å²) in [5.41, 5.74) is 5.07. The van der Waals surface area contributed by atoms with Crippen LogP contribution < -0.4 is 5.73 Å². The van der Waals surface area contributed by atoms with Crippen LogP contribution in [0, 0.1) is 0 Å². The van der Waals surface area contributed by atoms with E-state index in [0.29, 0.717) is 22.6 Å². The number of fused-ring (bicyclic) bond motifs is 1. The van der Waals surface area contributed by atoms with Gasteiger partial charge in [-0.3, -0.25) is 0 Å². The van der Waals surface area contributed by atoms with Crippen LogP contribution in [0.4, 0.5) is 5.82 Å². The van der Waals surface area contributed by atoms with Crippen LogP contribution in [0.2, 0.25) is 0 Å². The van der Waals surface area contributed by atoms with Crippen molar-refractivity contribution in [3.8, 4) is 0 Å². The van der Waals surface area contributed by atoms with E-state index in [-0.39, 0.29) is 0 Å². The zero-order valence-electron chi connectivity index (χ0n) is 11.8. The number of nitrogen functional groups attached to an aromatic ring is 1. The number of nitrogens with zero attached hydrogens (tertiary/aromatic N) is 3. The van der Waals surface area contributed by atoms with E-state index in [1.807, 2.05) is 6.26 Å². The summed E-state index contributed by atoms with van der Waals surface area (Å²) in [6, 6.07) is 1.78. The van der Waals surface area contributed by atoms with E-state index in [9.17, 15) is 10.2 Å². The van der Waals surface area contributed by atoms with Crippen LogP contribution in [0.3, 0.4) is 0 Å². The van der Waals surface area contributed by atoms with E-state index in [4.69, 9.17) is 10.5 Å². The molecule has 1 fully saturated rings. The van der Waals surface area contributed by atoms with Crippen molar-refractivity contribution in [2.45, 2.75) is 31.0 Å². The first-order valence-corrected chi connectivity index (χ1v) is 7.98. The molecule has 0 aliphatic carbocycles. The van der Waals surface area contributed by atoms with Gasteiger partial charge in [0.15, 0.2) is 6.23 Å². The third-order valence-electron chi connectivity index (χ3n) is 3.96. The lowest BCUT2D eigenvalue weighted by atomic mass is 9.95. The average Bonchev–Trinajstić information content (AvgIpc) is 2.95. The van der Waals surface area contributed by atoms with Gasteiger partial charge in [-0.1, -0.05) is 0 Å². The molecule has 2 aromatic heterocycles. The van der Waals surface area contributed by atoms with Crippen molar-refractivity contribution in [2.24, 2.45) is 0 Å². The fraction of sp³-hybridized carbons (Fsp3) is 0.538. The predicted molar refractivity (Wildman–Crippen MR) is 80.9 cm³/mol. The van der Waals surface area contributed by atoms with Gasteiger partial charge < -0.3 is 25.3 Å². The average molecular weight is 310 g/mol. The summed E-state index contributed by atoms with van der Waals surface area (Å²) in [7, 11) is 0. The minimum Gasteiger partial charge on any atom is -0.385 e. The lowest BCUT2D eigenvalue weighted by molar-refractivity contribution is -0.0569. The van der Waals surface area contributed by atoms with Gasteiger partial charge in [0.2, 0.25) is 0 Å². The van der Waals surface area contributed by atoms with Gasteiger partial charge in [-0.2, -0.15) is 11.8 Å². The lowest BCUT2D eigenvalue weighted by Gasteiger charge is -2.25. The number of rotatable bonds is 3. The van der Waals surface area contributed by atoms with Crippen molar-refractivity contribution in [1.29, 1.82) is 0 Å². The van der Waals surface area contributed by atoms with Crippen molar-refractivity contribution in [1.82, 2.24) is 14.5 Å². The Kier molecular flexibility index (Phi) is 3.56. The van der Waals surface area contributed by atoms with Crippen LogP contribution in [0.15, 0.2) is 18.6 Å². The quantitative estimate of drug-likeness (QED) is 0.752. The Labute approximate surface area is 126 Å². The van der Waals surface area contributed by atoms with Crippen LogP contribution in [0.5, 0.6) is 0 Å². The zero-order chi connectivity index (χ0) is 15.2. The Hall–Kier alpha value is -1.35. The highest BCUT2D eigenvalue weighted by atomic mass is 32.2. The molecule has 1 saturated heterocycles. The summed E-state index contributed by atoms with van der Waals surface area (Å²) in [4.78, 5) is 8.13. The van der Waals surface area contributed by atoms with Gasteiger partial charge in [-0.15, -0.1) is 0 Å². The Morgan fingerprint density at radius 2 is 2.29 bits per heavy atom. The van der Waals surface area contributed by atoms with E-state index in [1.54, 1.807) is 35.5 Å². The molecule has 2 aromatic rings. The normalized spacial score (nSPS) is 32.9.